The third kappa shape index (κ3) is 2.98. The van der Waals surface area contributed by atoms with Gasteiger partial charge < -0.3 is 5.11 Å². The Balaban J connectivity index is 4.70. The Morgan fingerprint density at radius 2 is 1.21 bits per heavy atom. The summed E-state index contributed by atoms with van der Waals surface area (Å²) in [5, 5.41) is 10.2. The quantitative estimate of drug-likeness (QED) is 0.736. The van der Waals surface area contributed by atoms with Crippen molar-refractivity contribution >= 4 is 0 Å². The summed E-state index contributed by atoms with van der Waals surface area (Å²) in [6.45, 7) is 17.4. The van der Waals surface area contributed by atoms with Crippen LogP contribution in [0.2, 0.25) is 0 Å². The standard InChI is InChI=1S/C13H28O/c1-9(2)13(7,8)10(3)11(14)12(4,5)6/h9-11,14H,1-8H3/t10?,11-/m0/s1. The van der Waals surface area contributed by atoms with Crippen LogP contribution in [-0.2, 0) is 0 Å². The molecule has 0 saturated carbocycles. The van der Waals surface area contributed by atoms with Crippen molar-refractivity contribution in [3.8, 4) is 0 Å². The number of rotatable bonds is 3. The summed E-state index contributed by atoms with van der Waals surface area (Å²) in [6.07, 6.45) is -0.236. The maximum absolute atomic E-state index is 10.2. The summed E-state index contributed by atoms with van der Waals surface area (Å²) in [5.74, 6) is 0.914. The maximum atomic E-state index is 10.2. The lowest BCUT2D eigenvalue weighted by Crippen LogP contribution is -2.42. The van der Waals surface area contributed by atoms with Gasteiger partial charge in [0.15, 0.2) is 0 Å². The molecule has 1 heteroatoms. The highest BCUT2D eigenvalue weighted by Gasteiger charge is 2.38. The number of hydrogen-bond acceptors (Lipinski definition) is 1. The Morgan fingerprint density at radius 3 is 1.43 bits per heavy atom. The van der Waals surface area contributed by atoms with Crippen LogP contribution in [0.1, 0.15) is 55.4 Å². The maximum Gasteiger partial charge on any atom is 0.0619 e. The predicted molar refractivity (Wildman–Crippen MR) is 63.2 cm³/mol. The van der Waals surface area contributed by atoms with E-state index in [-0.39, 0.29) is 16.9 Å². The number of hydrogen-bond donors (Lipinski definition) is 1. The summed E-state index contributed by atoms with van der Waals surface area (Å²) in [4.78, 5) is 0. The van der Waals surface area contributed by atoms with Crippen LogP contribution >= 0.6 is 0 Å². The first-order valence-electron chi connectivity index (χ1n) is 5.69. The Labute approximate surface area is 89.9 Å². The molecule has 1 N–H and O–H groups in total. The molecule has 0 aromatic carbocycles. The van der Waals surface area contributed by atoms with Crippen molar-refractivity contribution in [2.45, 2.75) is 61.5 Å². The molecule has 0 aromatic heterocycles. The van der Waals surface area contributed by atoms with E-state index in [1.165, 1.54) is 0 Å². The second-order valence-electron chi connectivity index (χ2n) is 6.58. The molecule has 0 fully saturated rings. The minimum Gasteiger partial charge on any atom is -0.392 e. The first-order chi connectivity index (χ1) is 6.01. The fraction of sp³-hybridized carbons (Fsp3) is 1.00. The SMILES string of the molecule is CC(C)C(C)(C)C(C)[C@H](O)C(C)(C)C. The lowest BCUT2D eigenvalue weighted by atomic mass is 9.65. The average Bonchev–Trinajstić information content (AvgIpc) is 1.99. The van der Waals surface area contributed by atoms with Gasteiger partial charge in [-0.05, 0) is 22.7 Å². The molecule has 0 aromatic rings. The van der Waals surface area contributed by atoms with Crippen molar-refractivity contribution in [3.63, 3.8) is 0 Å². The fourth-order valence-electron chi connectivity index (χ4n) is 1.68. The monoisotopic (exact) mass is 200 g/mol. The molecular formula is C13H28O. The van der Waals surface area contributed by atoms with Crippen molar-refractivity contribution in [1.29, 1.82) is 0 Å². The molecule has 0 heterocycles. The van der Waals surface area contributed by atoms with E-state index in [4.69, 9.17) is 0 Å². The molecule has 14 heavy (non-hydrogen) atoms. The smallest absolute Gasteiger partial charge is 0.0619 e. The van der Waals surface area contributed by atoms with E-state index in [0.717, 1.165) is 0 Å². The van der Waals surface area contributed by atoms with Crippen molar-refractivity contribution in [3.05, 3.63) is 0 Å². The second kappa shape index (κ2) is 4.22. The molecule has 0 aliphatic heterocycles. The summed E-state index contributed by atoms with van der Waals surface area (Å²) < 4.78 is 0. The molecule has 86 valence electrons. The minimum absolute atomic E-state index is 0.0222. The summed E-state index contributed by atoms with van der Waals surface area (Å²) in [5.41, 5.74) is 0.165. The Bertz CT molecular complexity index is 174. The highest BCUT2D eigenvalue weighted by Crippen LogP contribution is 2.41. The Kier molecular flexibility index (Phi) is 4.21. The van der Waals surface area contributed by atoms with E-state index in [1.54, 1.807) is 0 Å². The van der Waals surface area contributed by atoms with E-state index in [1.807, 2.05) is 0 Å². The molecular weight excluding hydrogens is 172 g/mol. The Morgan fingerprint density at radius 1 is 0.857 bits per heavy atom. The molecule has 0 aliphatic carbocycles. The van der Waals surface area contributed by atoms with Crippen LogP contribution < -0.4 is 0 Å². The molecule has 0 rings (SSSR count). The normalized spacial score (nSPS) is 18.4. The van der Waals surface area contributed by atoms with Crippen molar-refractivity contribution in [2.24, 2.45) is 22.7 Å². The summed E-state index contributed by atoms with van der Waals surface area (Å²) in [6, 6.07) is 0. The van der Waals surface area contributed by atoms with Crippen molar-refractivity contribution < 1.29 is 5.11 Å². The van der Waals surface area contributed by atoms with Gasteiger partial charge in [0.2, 0.25) is 0 Å². The number of aliphatic hydroxyl groups is 1. The summed E-state index contributed by atoms with van der Waals surface area (Å²) >= 11 is 0. The van der Waals surface area contributed by atoms with Crippen LogP contribution in [0, 0.1) is 22.7 Å². The zero-order valence-corrected chi connectivity index (χ0v) is 11.2. The van der Waals surface area contributed by atoms with Crippen LogP contribution in [0.3, 0.4) is 0 Å². The van der Waals surface area contributed by atoms with E-state index in [0.29, 0.717) is 11.8 Å². The molecule has 0 saturated heterocycles. The van der Waals surface area contributed by atoms with Crippen LogP contribution in [0.5, 0.6) is 0 Å². The lowest BCUT2D eigenvalue weighted by molar-refractivity contribution is -0.0423. The van der Waals surface area contributed by atoms with Gasteiger partial charge in [0.05, 0.1) is 6.10 Å². The molecule has 1 unspecified atom stereocenters. The largest absolute Gasteiger partial charge is 0.392 e. The first kappa shape index (κ1) is 14.0. The van der Waals surface area contributed by atoms with Crippen LogP contribution in [-0.4, -0.2) is 11.2 Å². The number of aliphatic hydroxyl groups excluding tert-OH is 1. The second-order valence-corrected chi connectivity index (χ2v) is 6.58. The Hall–Kier alpha value is -0.0400. The van der Waals surface area contributed by atoms with Crippen LogP contribution in [0.25, 0.3) is 0 Å². The van der Waals surface area contributed by atoms with Gasteiger partial charge in [-0.25, -0.2) is 0 Å². The third-order valence-electron chi connectivity index (χ3n) is 4.02. The van der Waals surface area contributed by atoms with E-state index >= 15 is 0 Å². The van der Waals surface area contributed by atoms with E-state index < -0.39 is 0 Å². The molecule has 0 bridgehead atoms. The average molecular weight is 200 g/mol. The molecule has 0 spiro atoms. The topological polar surface area (TPSA) is 20.2 Å². The van der Waals surface area contributed by atoms with Crippen LogP contribution in [0.4, 0.5) is 0 Å². The molecule has 1 nitrogen and oxygen atoms in total. The summed E-state index contributed by atoms with van der Waals surface area (Å²) in [7, 11) is 0. The van der Waals surface area contributed by atoms with Gasteiger partial charge in [-0.15, -0.1) is 0 Å². The zero-order valence-electron chi connectivity index (χ0n) is 11.2. The van der Waals surface area contributed by atoms with Crippen LogP contribution in [0.15, 0.2) is 0 Å². The lowest BCUT2D eigenvalue weighted by Gasteiger charge is -2.43. The van der Waals surface area contributed by atoms with Gasteiger partial charge >= 0.3 is 0 Å². The molecule has 0 aliphatic rings. The highest BCUT2D eigenvalue weighted by atomic mass is 16.3. The van der Waals surface area contributed by atoms with Crippen molar-refractivity contribution in [1.82, 2.24) is 0 Å². The molecule has 0 amide bonds. The van der Waals surface area contributed by atoms with Gasteiger partial charge in [0, 0.05) is 0 Å². The zero-order chi connectivity index (χ0) is 11.7. The minimum atomic E-state index is -0.236. The van der Waals surface area contributed by atoms with Gasteiger partial charge in [0.25, 0.3) is 0 Å². The predicted octanol–water partition coefficient (Wildman–Crippen LogP) is 3.71. The first-order valence-corrected chi connectivity index (χ1v) is 5.69. The van der Waals surface area contributed by atoms with Gasteiger partial charge in [0.1, 0.15) is 0 Å². The van der Waals surface area contributed by atoms with Gasteiger partial charge in [-0.2, -0.15) is 0 Å². The highest BCUT2D eigenvalue weighted by molar-refractivity contribution is 4.88. The van der Waals surface area contributed by atoms with Gasteiger partial charge in [-0.1, -0.05) is 55.4 Å². The van der Waals surface area contributed by atoms with Gasteiger partial charge in [-0.3, -0.25) is 0 Å². The molecule has 2 atom stereocenters. The fourth-order valence-corrected chi connectivity index (χ4v) is 1.68. The van der Waals surface area contributed by atoms with E-state index in [2.05, 4.69) is 55.4 Å². The van der Waals surface area contributed by atoms with Crippen molar-refractivity contribution in [2.75, 3.05) is 0 Å². The molecule has 0 radical (unpaired) electrons. The third-order valence-corrected chi connectivity index (χ3v) is 4.02. The van der Waals surface area contributed by atoms with E-state index in [9.17, 15) is 5.11 Å².